The fourth-order valence-corrected chi connectivity index (χ4v) is 12.4. The Morgan fingerprint density at radius 1 is 0.659 bits per heavy atom. The number of carbonyl (C=O) groups excluding carboxylic acids is 6. The number of aromatic nitrogens is 2. The molecule has 6 amide bonds. The van der Waals surface area contributed by atoms with Crippen molar-refractivity contribution in [3.8, 4) is 32.4 Å². The molecule has 7 N–H and O–H groups in total. The minimum absolute atomic E-state index is 0.0146. The number of nitrogens with zero attached hydrogens (tertiary/aromatic N) is 4. The molecular weight excluding hydrogens is 1330 g/mol. The van der Waals surface area contributed by atoms with Crippen molar-refractivity contribution in [1.82, 2.24) is 41.0 Å². The largest absolute Gasteiger partial charge is 0.508 e. The van der Waals surface area contributed by atoms with E-state index in [1.54, 1.807) is 76.0 Å². The van der Waals surface area contributed by atoms with Crippen molar-refractivity contribution in [3.63, 3.8) is 0 Å². The van der Waals surface area contributed by atoms with Crippen LogP contribution in [0, 0.1) is 24.7 Å². The number of aryl methyl sites for hydroxylation is 2. The number of unbranched alkanes of at least 4 members (excludes halogenated alkanes) is 2. The summed E-state index contributed by atoms with van der Waals surface area (Å²) in [4.78, 5) is 91.7. The first-order chi connectivity index (χ1) is 40.0. The van der Waals surface area contributed by atoms with Gasteiger partial charge in [0, 0.05) is 66.1 Å². The number of amides is 6. The summed E-state index contributed by atoms with van der Waals surface area (Å²) in [5.74, 6) is -2.94. The van der Waals surface area contributed by atoms with E-state index in [4.69, 9.17) is 4.74 Å². The molecule has 85 heavy (non-hydrogen) atoms. The maximum Gasteiger partial charge on any atom is 0.258 e. The average molecular weight is 1420 g/mol. The smallest absolute Gasteiger partial charge is 0.258 e. The lowest BCUT2D eigenvalue weighted by atomic mass is 9.85. The molecule has 2 aliphatic heterocycles. The van der Waals surface area contributed by atoms with Gasteiger partial charge in [-0.05, 0) is 99.3 Å². The van der Waals surface area contributed by atoms with Gasteiger partial charge in [0.25, 0.3) is 11.8 Å². The van der Waals surface area contributed by atoms with Gasteiger partial charge in [-0.3, -0.25) is 28.8 Å². The van der Waals surface area contributed by atoms with Gasteiger partial charge in [0.05, 0.1) is 51.0 Å². The van der Waals surface area contributed by atoms with Crippen molar-refractivity contribution in [2.75, 3.05) is 35.7 Å². The van der Waals surface area contributed by atoms with Crippen molar-refractivity contribution < 1.29 is 57.6 Å². The number of aliphatic hydroxyl groups excluding tert-OH is 2. The molecule has 468 valence electrons. The number of aliphatic hydroxyl groups is 2. The highest BCUT2D eigenvalue weighted by atomic mass is 79.9. The molecule has 0 radical (unpaired) electrons. The molecule has 2 saturated carbocycles. The number of β-amino-alcohol motifs (C(OH)–C–C–N with tert-alkyl or cyclic N) is 2. The van der Waals surface area contributed by atoms with E-state index in [-0.39, 0.29) is 70.5 Å². The summed E-state index contributed by atoms with van der Waals surface area (Å²) < 4.78 is 34.9. The van der Waals surface area contributed by atoms with E-state index in [9.17, 15) is 52.9 Å². The molecule has 0 spiro atoms. The van der Waals surface area contributed by atoms with Gasteiger partial charge in [-0.1, -0.05) is 114 Å². The molecule has 4 fully saturated rings. The second-order valence-corrected chi connectivity index (χ2v) is 28.3. The second kappa shape index (κ2) is 30.5. The van der Waals surface area contributed by atoms with Crippen LogP contribution in [-0.4, -0.2) is 154 Å². The highest BCUT2D eigenvalue weighted by Crippen LogP contribution is 2.42. The number of thiazole rings is 2. The Balaban J connectivity index is 0.000000250. The predicted octanol–water partition coefficient (Wildman–Crippen LogP) is 9.27. The van der Waals surface area contributed by atoms with Crippen LogP contribution in [0.2, 0.25) is 0 Å². The Kier molecular flexibility index (Phi) is 24.9. The Labute approximate surface area is 530 Å². The quantitative estimate of drug-likeness (QED) is 0.0287. The summed E-state index contributed by atoms with van der Waals surface area (Å²) in [5.41, 5.74) is 3.02. The molecule has 4 aromatic rings. The maximum atomic E-state index is 14.4. The Morgan fingerprint density at radius 2 is 1.06 bits per heavy atom. The first-order valence-electron chi connectivity index (χ1n) is 28.6. The number of carbonyl (C=O) groups is 6. The van der Waals surface area contributed by atoms with E-state index in [0.717, 1.165) is 66.7 Å². The lowest BCUT2D eigenvalue weighted by Crippen LogP contribution is -2.59. The Bertz CT molecular complexity index is 2960. The lowest BCUT2D eigenvalue weighted by molar-refractivity contribution is -0.145. The van der Waals surface area contributed by atoms with Gasteiger partial charge in [-0.15, -0.1) is 22.7 Å². The van der Waals surface area contributed by atoms with Crippen molar-refractivity contribution in [2.45, 2.75) is 180 Å². The minimum Gasteiger partial charge on any atom is -0.508 e. The normalized spacial score (nSPS) is 19.9. The van der Waals surface area contributed by atoms with Crippen LogP contribution in [0.25, 0.3) is 20.9 Å². The molecule has 2 aromatic carbocycles. The van der Waals surface area contributed by atoms with E-state index in [1.165, 1.54) is 34.0 Å². The molecule has 6 atom stereocenters. The molecule has 0 bridgehead atoms. The number of ether oxygens (including phenoxy) is 1. The molecule has 2 aromatic heterocycles. The summed E-state index contributed by atoms with van der Waals surface area (Å²) in [6.45, 7) is 15.0. The zero-order valence-corrected chi connectivity index (χ0v) is 55.9. The summed E-state index contributed by atoms with van der Waals surface area (Å²) in [6.07, 6.45) is 3.19. The summed E-state index contributed by atoms with van der Waals surface area (Å²) in [7, 11) is 0. The third-order valence-electron chi connectivity index (χ3n) is 15.1. The zero-order chi connectivity index (χ0) is 62.6. The molecule has 8 rings (SSSR count). The van der Waals surface area contributed by atoms with Gasteiger partial charge >= 0.3 is 0 Å². The number of halogens is 5. The number of benzene rings is 2. The number of likely N-dealkylation sites (tertiary alicyclic amines) is 2. The predicted molar refractivity (Wildman–Crippen MR) is 336 cm³/mol. The number of aromatic hydroxyl groups is 1. The maximum absolute atomic E-state index is 14.4. The highest BCUT2D eigenvalue weighted by molar-refractivity contribution is 9.09. The van der Waals surface area contributed by atoms with Crippen LogP contribution in [0.3, 0.4) is 0 Å². The SMILES string of the molecule is BrCCCCBr.Cc1ncsc1-c1ccc(CNC(=O)[C@@H]2C[C@@H](O)CN2C(=O)[C@@H](NC(=O)C2(F)CC2)C(C)(C)C)c(O)c1.Cc1ncsc1-c1ccc(CNC(=O)[C@@H]2C[C@@H](O)CN2C(=O)[C@@H](NC(=O)C2(F)CC2)C(C)(C)C)c(OCCCCBr)c1. The monoisotopic (exact) mass is 1410 g/mol. The molecule has 2 saturated heterocycles. The van der Waals surface area contributed by atoms with Gasteiger partial charge < -0.3 is 51.1 Å². The Morgan fingerprint density at radius 3 is 1.44 bits per heavy atom. The number of hydrogen-bond donors (Lipinski definition) is 7. The van der Waals surface area contributed by atoms with Crippen molar-refractivity contribution in [3.05, 3.63) is 69.9 Å². The zero-order valence-electron chi connectivity index (χ0n) is 49.5. The molecule has 4 heterocycles. The number of phenolic OH excluding ortho intramolecular Hbond substituents is 1. The van der Waals surface area contributed by atoms with Gasteiger partial charge in [0.1, 0.15) is 35.7 Å². The van der Waals surface area contributed by atoms with Gasteiger partial charge in [0.15, 0.2) is 11.3 Å². The van der Waals surface area contributed by atoms with Crippen molar-refractivity contribution >= 4 is 106 Å². The van der Waals surface area contributed by atoms with E-state index < -0.39 is 94.0 Å². The van der Waals surface area contributed by atoms with Crippen LogP contribution >= 0.6 is 70.5 Å². The summed E-state index contributed by atoms with van der Waals surface area (Å²) >= 11 is 13.1. The van der Waals surface area contributed by atoms with Crippen LogP contribution in [0.15, 0.2) is 47.4 Å². The van der Waals surface area contributed by atoms with Crippen molar-refractivity contribution in [1.29, 1.82) is 0 Å². The van der Waals surface area contributed by atoms with Gasteiger partial charge in [0.2, 0.25) is 23.6 Å². The van der Waals surface area contributed by atoms with Crippen LogP contribution in [-0.2, 0) is 41.9 Å². The van der Waals surface area contributed by atoms with Crippen LogP contribution < -0.4 is 26.0 Å². The molecule has 2 aliphatic carbocycles. The summed E-state index contributed by atoms with van der Waals surface area (Å²) in [6, 6.07) is 6.99. The molecular formula is C60H81Br3F2N8O10S2. The number of hydrogen-bond acceptors (Lipinski definition) is 14. The lowest BCUT2D eigenvalue weighted by Gasteiger charge is -2.35. The molecule has 4 aliphatic rings. The second-order valence-electron chi connectivity index (χ2n) is 24.2. The summed E-state index contributed by atoms with van der Waals surface area (Å²) in [5, 5.41) is 45.2. The van der Waals surface area contributed by atoms with E-state index in [0.29, 0.717) is 17.9 Å². The molecule has 18 nitrogen and oxygen atoms in total. The fraction of sp³-hybridized carbons (Fsp3) is 0.600. The number of rotatable bonds is 22. The van der Waals surface area contributed by atoms with E-state index >= 15 is 0 Å². The first-order valence-corrected chi connectivity index (χ1v) is 33.8. The van der Waals surface area contributed by atoms with Crippen LogP contribution in [0.4, 0.5) is 8.78 Å². The standard InChI is InChI=1S/C30H40BrFN4O5S.C26H33FN4O5S.C4H8Br2/c1-18-24(42-17-34-18)19-7-8-20(23(13-19)41-12-6-5-11-31)15-33-26(38)22-14-21(37)16-36(22)27(39)25(29(2,3)4)35-28(40)30(32)9-10-30;1-14-20(37-13-29-14)15-5-6-16(19(33)9-15)11-28-22(34)18-10-17(32)12-31(18)23(35)21(25(2,3)4)30-24(36)26(27)7-8-26;5-3-1-2-4-6/h7-8,13,17,21-22,25,37H,5-6,9-12,14-16H2,1-4H3,(H,33,38)(H,35,40);5-6,9,13,17-18,21,32-33H,7-8,10-12H2,1-4H3,(H,28,34)(H,30,36);1-4H2/t21-,22+,25-;17-,18+,21-;/m11./s1. The Hall–Kier alpha value is -4.66. The third kappa shape index (κ3) is 18.9. The number of phenols is 1. The van der Waals surface area contributed by atoms with Crippen molar-refractivity contribution in [2.24, 2.45) is 10.8 Å². The van der Waals surface area contributed by atoms with E-state index in [2.05, 4.69) is 79.0 Å². The van der Waals surface area contributed by atoms with Gasteiger partial charge in [-0.25, -0.2) is 18.7 Å². The minimum atomic E-state index is -1.94. The number of alkyl halides is 5. The average Bonchev–Trinajstić information content (AvgIpc) is 3.48. The van der Waals surface area contributed by atoms with Gasteiger partial charge in [-0.2, -0.15) is 0 Å². The molecule has 25 heteroatoms. The highest BCUT2D eigenvalue weighted by Gasteiger charge is 2.55. The number of nitrogens with one attached hydrogen (secondary N) is 4. The third-order valence-corrected chi connectivity index (χ3v) is 18.7. The molecule has 0 unspecified atom stereocenters. The first kappa shape index (κ1) is 69.4. The van der Waals surface area contributed by atoms with Crippen LogP contribution in [0.1, 0.15) is 128 Å². The topological polar surface area (TPSA) is 253 Å². The van der Waals surface area contributed by atoms with Crippen LogP contribution in [0.5, 0.6) is 11.5 Å². The fourth-order valence-electron chi connectivity index (χ4n) is 9.59. The van der Waals surface area contributed by atoms with E-state index in [1.807, 2.05) is 38.1 Å².